The van der Waals surface area contributed by atoms with Crippen LogP contribution < -0.4 is 10.6 Å². The van der Waals surface area contributed by atoms with E-state index < -0.39 is 18.4 Å². The maximum absolute atomic E-state index is 13.8. The molecule has 3 aromatic rings. The average Bonchev–Trinajstić information content (AvgIpc) is 3.39. The first-order valence-electron chi connectivity index (χ1n) is 10.6. The molecule has 1 saturated carbocycles. The van der Waals surface area contributed by atoms with Crippen LogP contribution >= 0.6 is 0 Å². The Bertz CT molecular complexity index is 1230. The molecule has 2 aliphatic heterocycles. The lowest BCUT2D eigenvalue weighted by Gasteiger charge is -2.31. The minimum absolute atomic E-state index is 0.154. The third-order valence-electron chi connectivity index (χ3n) is 6.67. The molecule has 0 bridgehead atoms. The number of cyclic esters (lactones) is 1. The Kier molecular flexibility index (Phi) is 4.08. The number of amides is 1. The molecule has 1 unspecified atom stereocenters. The van der Waals surface area contributed by atoms with Gasteiger partial charge in [0.25, 0.3) is 0 Å². The zero-order valence-corrected chi connectivity index (χ0v) is 16.9. The summed E-state index contributed by atoms with van der Waals surface area (Å²) in [4.78, 5) is 15.7. The molecule has 7 nitrogen and oxygen atoms in total. The molecule has 2 fully saturated rings. The molecule has 0 radical (unpaired) electrons. The van der Waals surface area contributed by atoms with E-state index in [2.05, 4.69) is 20.4 Å². The Hall–Kier alpha value is -3.14. The van der Waals surface area contributed by atoms with Crippen LogP contribution in [0.3, 0.4) is 0 Å². The van der Waals surface area contributed by atoms with Crippen molar-refractivity contribution < 1.29 is 22.7 Å². The molecule has 6 rings (SSSR count). The van der Waals surface area contributed by atoms with Gasteiger partial charge in [0.05, 0.1) is 17.1 Å². The van der Waals surface area contributed by atoms with Gasteiger partial charge in [0.15, 0.2) is 0 Å². The van der Waals surface area contributed by atoms with Crippen molar-refractivity contribution >= 4 is 22.8 Å². The van der Waals surface area contributed by atoms with Crippen molar-refractivity contribution in [2.45, 2.75) is 49.5 Å². The highest BCUT2D eigenvalue weighted by Gasteiger charge is 2.50. The number of fused-ring (bicyclic) bond motifs is 2. The number of ether oxygens (including phenoxy) is 1. The summed E-state index contributed by atoms with van der Waals surface area (Å²) in [5.74, 6) is -0.154. The Morgan fingerprint density at radius 2 is 2.00 bits per heavy atom. The lowest BCUT2D eigenvalue weighted by molar-refractivity contribution is -0.206. The predicted octanol–water partition coefficient (Wildman–Crippen LogP) is 4.72. The second kappa shape index (κ2) is 6.68. The summed E-state index contributed by atoms with van der Waals surface area (Å²) >= 11 is 0. The summed E-state index contributed by atoms with van der Waals surface area (Å²) in [6.07, 6.45) is -2.88. The third-order valence-corrected chi connectivity index (χ3v) is 6.67. The standard InChI is InChI=1S/C22H20F3N5O2/c23-22(24,25)18-16-14(6-9-26-19(16)28-20(31)32-18)17-13-3-1-2-4-15(13)30(29-17)12-5-10-27-21(11-12)7-8-21/h1-4,6,9,12,18,27H,5,7-8,10-11H2,(H,26,28,31)/t12?,18-/m1/s1. The van der Waals surface area contributed by atoms with Crippen LogP contribution in [-0.4, -0.2) is 39.1 Å². The highest BCUT2D eigenvalue weighted by molar-refractivity contribution is 5.97. The summed E-state index contributed by atoms with van der Waals surface area (Å²) in [5.41, 5.74) is 1.50. The van der Waals surface area contributed by atoms with E-state index in [1.807, 2.05) is 28.9 Å². The highest BCUT2D eigenvalue weighted by atomic mass is 19.4. The number of piperidine rings is 1. The molecule has 1 amide bonds. The van der Waals surface area contributed by atoms with Crippen LogP contribution in [-0.2, 0) is 4.74 Å². The van der Waals surface area contributed by atoms with E-state index in [1.54, 1.807) is 0 Å². The molecular weight excluding hydrogens is 423 g/mol. The van der Waals surface area contributed by atoms with Crippen molar-refractivity contribution in [2.24, 2.45) is 0 Å². The van der Waals surface area contributed by atoms with E-state index in [1.165, 1.54) is 12.3 Å². The lowest BCUT2D eigenvalue weighted by atomic mass is 9.97. The van der Waals surface area contributed by atoms with Gasteiger partial charge < -0.3 is 10.1 Å². The van der Waals surface area contributed by atoms with Crippen LogP contribution in [0.1, 0.15) is 43.4 Å². The number of alkyl halides is 3. The number of rotatable bonds is 2. The van der Waals surface area contributed by atoms with E-state index in [4.69, 9.17) is 5.10 Å². The van der Waals surface area contributed by atoms with E-state index in [0.29, 0.717) is 5.69 Å². The van der Waals surface area contributed by atoms with Gasteiger partial charge in [-0.3, -0.25) is 10.00 Å². The van der Waals surface area contributed by atoms with Gasteiger partial charge in [-0.1, -0.05) is 18.2 Å². The van der Waals surface area contributed by atoms with Gasteiger partial charge in [-0.2, -0.15) is 18.3 Å². The number of carbonyl (C=O) groups is 1. The fraction of sp³-hybridized carbons (Fsp3) is 0.409. The van der Waals surface area contributed by atoms with Crippen molar-refractivity contribution in [3.8, 4) is 11.3 Å². The van der Waals surface area contributed by atoms with Crippen LogP contribution in [0.5, 0.6) is 0 Å². The van der Waals surface area contributed by atoms with Crippen LogP contribution in [0, 0.1) is 0 Å². The van der Waals surface area contributed by atoms with E-state index >= 15 is 0 Å². The summed E-state index contributed by atoms with van der Waals surface area (Å²) in [7, 11) is 0. The molecule has 3 aliphatic rings. The maximum atomic E-state index is 13.8. The van der Waals surface area contributed by atoms with Gasteiger partial charge in [-0.25, -0.2) is 9.78 Å². The Morgan fingerprint density at radius 1 is 1.19 bits per heavy atom. The first-order valence-corrected chi connectivity index (χ1v) is 10.6. The summed E-state index contributed by atoms with van der Waals surface area (Å²) in [6.45, 7) is 0.884. The Labute approximate surface area is 181 Å². The number of benzene rings is 1. The molecule has 1 saturated heterocycles. The largest absolute Gasteiger partial charge is 0.431 e. The zero-order valence-electron chi connectivity index (χ0n) is 16.9. The number of aromatic nitrogens is 3. The molecule has 1 spiro atoms. The number of halogens is 3. The van der Waals surface area contributed by atoms with Gasteiger partial charge in [-0.15, -0.1) is 0 Å². The number of hydrogen-bond acceptors (Lipinski definition) is 5. The smallest absolute Gasteiger partial charge is 0.430 e. The number of nitrogens with one attached hydrogen (secondary N) is 2. The minimum atomic E-state index is -4.78. The molecule has 1 aliphatic carbocycles. The first kappa shape index (κ1) is 19.5. The minimum Gasteiger partial charge on any atom is -0.431 e. The molecule has 2 aromatic heterocycles. The maximum Gasteiger partial charge on any atom is 0.430 e. The van der Waals surface area contributed by atoms with Crippen molar-refractivity contribution in [2.75, 3.05) is 11.9 Å². The van der Waals surface area contributed by atoms with Crippen LogP contribution in [0.15, 0.2) is 36.5 Å². The topological polar surface area (TPSA) is 81.1 Å². The average molecular weight is 443 g/mol. The summed E-state index contributed by atoms with van der Waals surface area (Å²) < 4.78 is 48.1. The van der Waals surface area contributed by atoms with E-state index in [0.717, 1.165) is 43.1 Å². The zero-order chi connectivity index (χ0) is 22.1. The number of nitrogens with zero attached hydrogens (tertiary/aromatic N) is 3. The Morgan fingerprint density at radius 3 is 2.78 bits per heavy atom. The molecular formula is C22H20F3N5O2. The number of pyridine rings is 1. The van der Waals surface area contributed by atoms with Crippen molar-refractivity contribution in [1.82, 2.24) is 20.1 Å². The number of hydrogen-bond donors (Lipinski definition) is 2. The molecule has 166 valence electrons. The fourth-order valence-electron chi connectivity index (χ4n) is 5.00. The van der Waals surface area contributed by atoms with Gasteiger partial charge in [-0.05, 0) is 44.4 Å². The molecule has 4 heterocycles. The van der Waals surface area contributed by atoms with Crippen molar-refractivity contribution in [3.05, 3.63) is 42.1 Å². The molecule has 32 heavy (non-hydrogen) atoms. The van der Waals surface area contributed by atoms with Gasteiger partial charge >= 0.3 is 12.3 Å². The predicted molar refractivity (Wildman–Crippen MR) is 110 cm³/mol. The molecule has 2 atom stereocenters. The molecule has 10 heteroatoms. The quantitative estimate of drug-likeness (QED) is 0.599. The van der Waals surface area contributed by atoms with Crippen LogP contribution in [0.25, 0.3) is 22.2 Å². The van der Waals surface area contributed by atoms with Crippen molar-refractivity contribution in [3.63, 3.8) is 0 Å². The normalized spacial score (nSPS) is 24.2. The second-order valence-electron chi connectivity index (χ2n) is 8.74. The van der Waals surface area contributed by atoms with Gasteiger partial charge in [0, 0.05) is 22.7 Å². The summed E-state index contributed by atoms with van der Waals surface area (Å²) in [6, 6.07) is 9.21. The molecule has 1 aromatic carbocycles. The van der Waals surface area contributed by atoms with Crippen molar-refractivity contribution in [1.29, 1.82) is 0 Å². The lowest BCUT2D eigenvalue weighted by Crippen LogP contribution is -2.40. The van der Waals surface area contributed by atoms with Gasteiger partial charge in [0.2, 0.25) is 6.10 Å². The molecule has 2 N–H and O–H groups in total. The second-order valence-corrected chi connectivity index (χ2v) is 8.74. The number of para-hydroxylation sites is 1. The Balaban J connectivity index is 1.53. The monoisotopic (exact) mass is 443 g/mol. The van der Waals surface area contributed by atoms with Crippen LogP contribution in [0.2, 0.25) is 0 Å². The number of carbonyl (C=O) groups excluding carboxylic acids is 1. The SMILES string of the molecule is O=C1Nc2nccc(-c3nn(C4CCNC5(CC5)C4)c4ccccc34)c2[C@H](C(F)(F)F)O1. The van der Waals surface area contributed by atoms with Crippen LogP contribution in [0.4, 0.5) is 23.8 Å². The highest BCUT2D eigenvalue weighted by Crippen LogP contribution is 2.48. The fourth-order valence-corrected chi connectivity index (χ4v) is 5.00. The van der Waals surface area contributed by atoms with E-state index in [-0.39, 0.29) is 28.5 Å². The third kappa shape index (κ3) is 3.04. The number of anilines is 1. The van der Waals surface area contributed by atoms with E-state index in [9.17, 15) is 18.0 Å². The first-order chi connectivity index (χ1) is 15.3. The summed E-state index contributed by atoms with van der Waals surface area (Å²) in [5, 5.41) is 11.5. The van der Waals surface area contributed by atoms with Gasteiger partial charge in [0.1, 0.15) is 11.5 Å².